The van der Waals surface area contributed by atoms with E-state index in [1.165, 1.54) is 21.6 Å². The molecule has 1 N–H and O–H groups in total. The van der Waals surface area contributed by atoms with Gasteiger partial charge in [0, 0.05) is 0 Å². The Balaban J connectivity index is 0.000000257. The summed E-state index contributed by atoms with van der Waals surface area (Å²) in [4.78, 5) is 13.7. The summed E-state index contributed by atoms with van der Waals surface area (Å²) in [6, 6.07) is 32.2. The van der Waals surface area contributed by atoms with E-state index in [-0.39, 0.29) is 17.3 Å². The molecule has 0 heterocycles. The van der Waals surface area contributed by atoms with Crippen molar-refractivity contribution in [1.29, 1.82) is 0 Å². The predicted molar refractivity (Wildman–Crippen MR) is 108 cm³/mol. The van der Waals surface area contributed by atoms with Crippen LogP contribution in [0.2, 0.25) is 0 Å². The van der Waals surface area contributed by atoms with Crippen molar-refractivity contribution in [1.82, 2.24) is 0 Å². The Hall–Kier alpha value is -2.70. The minimum Gasteiger partial charge on any atom is -0.544 e. The van der Waals surface area contributed by atoms with E-state index in [1.54, 1.807) is 0 Å². The molecule has 0 amide bonds. The summed E-state index contributed by atoms with van der Waals surface area (Å²) >= 11 is 0. The minimum atomic E-state index is -4.13. The van der Waals surface area contributed by atoms with Crippen LogP contribution in [0.15, 0.2) is 106 Å². The number of aliphatic hydroxyl groups is 1. The number of aliphatic hydroxyl groups excluding tert-OH is 1. The zero-order chi connectivity index (χ0) is 21.3. The lowest BCUT2D eigenvalue weighted by Gasteiger charge is -2.21. The summed E-state index contributed by atoms with van der Waals surface area (Å²) in [5.41, 5.74) is 0. The van der Waals surface area contributed by atoms with Gasteiger partial charge in [-0.3, -0.25) is 0 Å². The first kappa shape index (κ1) is 22.6. The number of aliphatic carboxylic acids is 1. The van der Waals surface area contributed by atoms with Crippen molar-refractivity contribution in [3.63, 3.8) is 0 Å². The second-order valence-corrected chi connectivity index (χ2v) is 8.11. The van der Waals surface area contributed by atoms with Gasteiger partial charge in [0.1, 0.15) is 12.1 Å². The molecule has 0 aliphatic heterocycles. The Bertz CT molecular complexity index is 780. The van der Waals surface area contributed by atoms with Gasteiger partial charge in [-0.15, -0.1) is 0 Å². The van der Waals surface area contributed by atoms with E-state index < -0.39 is 18.0 Å². The molecule has 0 saturated carbocycles. The Morgan fingerprint density at radius 2 is 1.17 bits per heavy atom. The van der Waals surface area contributed by atoms with Crippen molar-refractivity contribution in [3.05, 3.63) is 91.0 Å². The molecule has 0 spiro atoms. The highest BCUT2D eigenvalue weighted by molar-refractivity contribution is 7.97. The standard InChI is InChI=1S/C18H15S.C5H8F2O3/c1-4-10-16(11-5-1)19(17-12-6-2-7-13-17)18-14-8-3-9-15-18;1-2-3(8)5(6,7)4(9)10/h1-15H;3,8H,2H2,1H3,(H,9,10)/q+1;/p-1. The summed E-state index contributed by atoms with van der Waals surface area (Å²) in [7, 11) is -0.0146. The normalized spacial score (nSPS) is 12.0. The van der Waals surface area contributed by atoms with Crippen molar-refractivity contribution in [2.75, 3.05) is 0 Å². The zero-order valence-electron chi connectivity index (χ0n) is 15.9. The van der Waals surface area contributed by atoms with Crippen LogP contribution >= 0.6 is 0 Å². The van der Waals surface area contributed by atoms with Crippen molar-refractivity contribution >= 4 is 16.9 Å². The molecule has 6 heteroatoms. The van der Waals surface area contributed by atoms with E-state index in [0.29, 0.717) is 0 Å². The van der Waals surface area contributed by atoms with Gasteiger partial charge in [0.15, 0.2) is 14.7 Å². The van der Waals surface area contributed by atoms with E-state index >= 15 is 0 Å². The number of hydrogen-bond donors (Lipinski definition) is 1. The number of halogens is 2. The van der Waals surface area contributed by atoms with Gasteiger partial charge in [0.25, 0.3) is 0 Å². The fraction of sp³-hybridized carbons (Fsp3) is 0.174. The molecule has 0 aliphatic carbocycles. The SMILES string of the molecule is CCC(O)C(F)(F)C(=O)[O-].c1ccc([S+](c2ccccc2)c2ccccc2)cc1. The Labute approximate surface area is 172 Å². The number of carboxylic acid groups (broad SMARTS) is 1. The monoisotopic (exact) mass is 416 g/mol. The molecular weight excluding hydrogens is 394 g/mol. The summed E-state index contributed by atoms with van der Waals surface area (Å²) < 4.78 is 24.1. The number of benzene rings is 3. The van der Waals surface area contributed by atoms with Gasteiger partial charge in [-0.1, -0.05) is 61.5 Å². The number of carbonyl (C=O) groups is 1. The smallest absolute Gasteiger partial charge is 0.312 e. The third-order valence-corrected chi connectivity index (χ3v) is 6.24. The van der Waals surface area contributed by atoms with Gasteiger partial charge in [-0.2, -0.15) is 8.78 Å². The average molecular weight is 416 g/mol. The number of alkyl halides is 2. The highest BCUT2D eigenvalue weighted by atomic mass is 32.2. The summed E-state index contributed by atoms with van der Waals surface area (Å²) in [5, 5.41) is 18.0. The van der Waals surface area contributed by atoms with Crippen LogP contribution in [0.5, 0.6) is 0 Å². The van der Waals surface area contributed by atoms with Crippen molar-refractivity contribution < 1.29 is 23.8 Å². The topological polar surface area (TPSA) is 60.4 Å². The van der Waals surface area contributed by atoms with E-state index in [9.17, 15) is 18.7 Å². The van der Waals surface area contributed by atoms with E-state index in [0.717, 1.165) is 0 Å². The fourth-order valence-electron chi connectivity index (χ4n) is 2.47. The lowest BCUT2D eigenvalue weighted by atomic mass is 10.1. The van der Waals surface area contributed by atoms with E-state index in [4.69, 9.17) is 5.11 Å². The van der Waals surface area contributed by atoms with Gasteiger partial charge < -0.3 is 15.0 Å². The molecule has 3 nitrogen and oxygen atoms in total. The molecule has 152 valence electrons. The van der Waals surface area contributed by atoms with Crippen LogP contribution in [-0.4, -0.2) is 23.1 Å². The number of rotatable bonds is 6. The van der Waals surface area contributed by atoms with Gasteiger partial charge in [-0.05, 0) is 42.8 Å². The van der Waals surface area contributed by atoms with Crippen LogP contribution in [0.25, 0.3) is 0 Å². The predicted octanol–water partition coefficient (Wildman–Crippen LogP) is 3.92. The number of hydrogen-bond acceptors (Lipinski definition) is 3. The van der Waals surface area contributed by atoms with Crippen LogP contribution in [-0.2, 0) is 15.7 Å². The molecule has 3 rings (SSSR count). The molecule has 0 bridgehead atoms. The first-order chi connectivity index (χ1) is 13.9. The average Bonchev–Trinajstić information content (AvgIpc) is 2.76. The van der Waals surface area contributed by atoms with Gasteiger partial charge >= 0.3 is 5.92 Å². The highest BCUT2D eigenvalue weighted by Gasteiger charge is 2.38. The molecule has 0 saturated heterocycles. The Morgan fingerprint density at radius 3 is 1.38 bits per heavy atom. The quantitative estimate of drug-likeness (QED) is 0.620. The second kappa shape index (κ2) is 10.7. The summed E-state index contributed by atoms with van der Waals surface area (Å²) in [5.74, 6) is -6.67. The molecular formula is C23H22F2O3S. The molecule has 0 aliphatic rings. The molecule has 29 heavy (non-hydrogen) atoms. The van der Waals surface area contributed by atoms with Crippen LogP contribution < -0.4 is 5.11 Å². The van der Waals surface area contributed by atoms with Crippen molar-refractivity contribution in [3.8, 4) is 0 Å². The van der Waals surface area contributed by atoms with Crippen LogP contribution in [0, 0.1) is 0 Å². The van der Waals surface area contributed by atoms with Gasteiger partial charge in [-0.25, -0.2) is 0 Å². The molecule has 0 radical (unpaired) electrons. The maximum atomic E-state index is 12.0. The van der Waals surface area contributed by atoms with E-state index in [1.807, 2.05) is 0 Å². The lowest BCUT2D eigenvalue weighted by Crippen LogP contribution is -2.49. The van der Waals surface area contributed by atoms with Crippen LogP contribution in [0.4, 0.5) is 8.78 Å². The fourth-order valence-corrected chi connectivity index (χ4v) is 4.57. The van der Waals surface area contributed by atoms with Gasteiger partial charge in [0.05, 0.1) is 10.9 Å². The summed E-state index contributed by atoms with van der Waals surface area (Å²) in [6.07, 6.45) is -2.47. The molecule has 3 aromatic rings. The van der Waals surface area contributed by atoms with Crippen LogP contribution in [0.3, 0.4) is 0 Å². The van der Waals surface area contributed by atoms with Crippen molar-refractivity contribution in [2.45, 2.75) is 40.1 Å². The lowest BCUT2D eigenvalue weighted by molar-refractivity contribution is -0.336. The summed E-state index contributed by atoms with van der Waals surface area (Å²) in [6.45, 7) is 1.25. The Morgan fingerprint density at radius 1 is 0.862 bits per heavy atom. The molecule has 3 aromatic carbocycles. The maximum Gasteiger partial charge on any atom is 0.312 e. The minimum absolute atomic E-state index is 0.0146. The highest BCUT2D eigenvalue weighted by Crippen LogP contribution is 2.30. The van der Waals surface area contributed by atoms with Gasteiger partial charge in [0.2, 0.25) is 0 Å². The Kier molecular flexibility index (Phi) is 8.36. The molecule has 1 atom stereocenters. The molecule has 1 unspecified atom stereocenters. The molecule has 0 aromatic heterocycles. The third-order valence-electron chi connectivity index (χ3n) is 4.01. The molecule has 0 fully saturated rings. The third kappa shape index (κ3) is 6.14. The number of carbonyl (C=O) groups excluding carboxylic acids is 1. The van der Waals surface area contributed by atoms with Crippen LogP contribution in [0.1, 0.15) is 13.3 Å². The number of carboxylic acids is 1. The zero-order valence-corrected chi connectivity index (χ0v) is 16.7. The first-order valence-corrected chi connectivity index (χ1v) is 10.3. The second-order valence-electron chi connectivity index (χ2n) is 6.08. The maximum absolute atomic E-state index is 12.0. The largest absolute Gasteiger partial charge is 0.544 e. The van der Waals surface area contributed by atoms with Crippen molar-refractivity contribution in [2.24, 2.45) is 0 Å². The van der Waals surface area contributed by atoms with E-state index in [2.05, 4.69) is 91.0 Å². The first-order valence-electron chi connectivity index (χ1n) is 9.04.